The number of carbonyl (C=O) groups excluding carboxylic acids is 2. The highest BCUT2D eigenvalue weighted by molar-refractivity contribution is 5.81. The van der Waals surface area contributed by atoms with E-state index < -0.39 is 199 Å². The molecule has 80 heavy (non-hydrogen) atoms. The minimum atomic E-state index is -1.91. The van der Waals surface area contributed by atoms with E-state index in [2.05, 4.69) is 26.8 Å². The van der Waals surface area contributed by atoms with E-state index in [9.17, 15) is 81.1 Å². The quantitative estimate of drug-likeness (QED) is 0.0500. The number of aliphatic hydroxyl groups excluding tert-OH is 14. The van der Waals surface area contributed by atoms with Gasteiger partial charge in [-0.1, -0.05) is 39.3 Å². The number of rotatable bonds is 13. The number of aliphatic hydroxyl groups is 14. The van der Waals surface area contributed by atoms with Crippen molar-refractivity contribution in [2.24, 2.45) is 50.2 Å². The zero-order chi connectivity index (χ0) is 58.6. The third-order valence-electron chi connectivity index (χ3n) is 22.0. The molecule has 5 aliphatic carbocycles. The normalized spacial score (nSPS) is 54.2. The van der Waals surface area contributed by atoms with Gasteiger partial charge < -0.3 is 114 Å². The fraction of sp³-hybridized carbons (Fsp3) is 0.927. The van der Waals surface area contributed by atoms with E-state index in [0.717, 1.165) is 5.57 Å². The average molecular weight is 1150 g/mol. The summed E-state index contributed by atoms with van der Waals surface area (Å²) in [5.41, 5.74) is -3.48. The van der Waals surface area contributed by atoms with Crippen LogP contribution in [0, 0.1) is 50.2 Å². The molecule has 4 aliphatic heterocycles. The molecule has 25 nitrogen and oxygen atoms in total. The van der Waals surface area contributed by atoms with Crippen molar-refractivity contribution in [2.75, 3.05) is 33.5 Å². The summed E-state index contributed by atoms with van der Waals surface area (Å²) >= 11 is 0. The van der Waals surface area contributed by atoms with Crippen molar-refractivity contribution in [1.82, 2.24) is 0 Å². The number of hydrogen-bond donors (Lipinski definition) is 14. The molecule has 0 aromatic rings. The zero-order valence-corrected chi connectivity index (χ0v) is 46.6. The van der Waals surface area contributed by atoms with Gasteiger partial charge in [0.2, 0.25) is 6.29 Å². The lowest BCUT2D eigenvalue weighted by atomic mass is 9.33. The number of esters is 2. The monoisotopic (exact) mass is 1150 g/mol. The van der Waals surface area contributed by atoms with E-state index in [-0.39, 0.29) is 31.3 Å². The highest BCUT2D eigenvalue weighted by Crippen LogP contribution is 2.76. The SMILES string of the molecule is COC(=O)[C@@]1(C)CC[C@]2(C(=O)O[C@@H]3O[C@H](CO)[C@@H](O)[C@H](O)[C@H]3O)CC[C@]3(C)C(=CC[C@@H]4[C@@]5(C)CC[C@H](O[C@@H]6O[C@H](CO)[C@@H](O)[C@H](O[C@@H]7O[C@H](CO)[C@@H](O)[C@H](O)[C@H]7O[C@@H]7O[C@@H](C)[C@H](O)[C@@H](O)[C@H]7O)[C@H]6O)[C@@](C)(CO)[C@H]5CC[C@]43C)[C@@H]2C1. The van der Waals surface area contributed by atoms with E-state index >= 15 is 0 Å². The number of fused-ring (bicyclic) bond motifs is 7. The molecule has 4 heterocycles. The first-order chi connectivity index (χ1) is 37.6. The van der Waals surface area contributed by atoms with Gasteiger partial charge in [-0.25, -0.2) is 0 Å². The zero-order valence-electron chi connectivity index (χ0n) is 46.6. The lowest BCUT2D eigenvalue weighted by molar-refractivity contribution is -0.391. The van der Waals surface area contributed by atoms with Crippen LogP contribution in [0.25, 0.3) is 0 Å². The summed E-state index contributed by atoms with van der Waals surface area (Å²) in [5.74, 6) is -1.78. The van der Waals surface area contributed by atoms with E-state index in [4.69, 9.17) is 42.6 Å². The molecule has 0 bridgehead atoms. The van der Waals surface area contributed by atoms with Gasteiger partial charge in [-0.05, 0) is 112 Å². The Hall–Kier alpha value is -2.16. The van der Waals surface area contributed by atoms with Crippen molar-refractivity contribution in [1.29, 1.82) is 0 Å². The molecule has 0 spiro atoms. The third-order valence-corrected chi connectivity index (χ3v) is 22.0. The second-order valence-corrected chi connectivity index (χ2v) is 26.0. The Labute approximate surface area is 464 Å². The van der Waals surface area contributed by atoms with Crippen molar-refractivity contribution in [3.05, 3.63) is 11.6 Å². The van der Waals surface area contributed by atoms with Crippen LogP contribution in [0.2, 0.25) is 0 Å². The summed E-state index contributed by atoms with van der Waals surface area (Å²) in [6.45, 7) is 9.27. The van der Waals surface area contributed by atoms with Crippen LogP contribution >= 0.6 is 0 Å². The molecule has 4 saturated carbocycles. The summed E-state index contributed by atoms with van der Waals surface area (Å²) in [4.78, 5) is 28.5. The first-order valence-corrected chi connectivity index (χ1v) is 28.4. The van der Waals surface area contributed by atoms with Gasteiger partial charge >= 0.3 is 11.9 Å². The van der Waals surface area contributed by atoms with Crippen LogP contribution in [0.4, 0.5) is 0 Å². The van der Waals surface area contributed by atoms with Gasteiger partial charge in [-0.2, -0.15) is 0 Å². The van der Waals surface area contributed by atoms with Gasteiger partial charge in [-0.3, -0.25) is 9.59 Å². The Morgan fingerprint density at radius 1 is 0.562 bits per heavy atom. The molecule has 0 amide bonds. The second kappa shape index (κ2) is 22.9. The maximum Gasteiger partial charge on any atom is 0.315 e. The predicted molar refractivity (Wildman–Crippen MR) is 269 cm³/mol. The smallest absolute Gasteiger partial charge is 0.315 e. The summed E-state index contributed by atoms with van der Waals surface area (Å²) in [6, 6.07) is 0. The number of ether oxygens (including phenoxy) is 9. The first kappa shape index (κ1) is 62.4. The first-order valence-electron chi connectivity index (χ1n) is 28.4. The van der Waals surface area contributed by atoms with Gasteiger partial charge in [0.1, 0.15) is 91.6 Å². The highest BCUT2D eigenvalue weighted by Gasteiger charge is 2.71. The fourth-order valence-electron chi connectivity index (χ4n) is 16.7. The Kier molecular flexibility index (Phi) is 17.9. The molecule has 8 fully saturated rings. The molecule has 9 rings (SSSR count). The van der Waals surface area contributed by atoms with Crippen molar-refractivity contribution in [3.63, 3.8) is 0 Å². The van der Waals surface area contributed by atoms with Crippen LogP contribution in [-0.4, -0.2) is 246 Å². The lowest BCUT2D eigenvalue weighted by Crippen LogP contribution is -2.68. The molecule has 0 radical (unpaired) electrons. The number of allylic oxidation sites excluding steroid dienone is 2. The Bertz CT molecular complexity index is 2240. The molecule has 14 N–H and O–H groups in total. The molecule has 458 valence electrons. The summed E-state index contributed by atoms with van der Waals surface area (Å²) in [5, 5.41) is 151. The second-order valence-electron chi connectivity index (χ2n) is 26.0. The Morgan fingerprint density at radius 2 is 1.12 bits per heavy atom. The van der Waals surface area contributed by atoms with Gasteiger partial charge in [0.05, 0.1) is 56.6 Å². The van der Waals surface area contributed by atoms with Crippen LogP contribution in [0.1, 0.15) is 106 Å². The van der Waals surface area contributed by atoms with Crippen molar-refractivity contribution >= 4 is 11.9 Å². The fourth-order valence-corrected chi connectivity index (χ4v) is 16.7. The van der Waals surface area contributed by atoms with Gasteiger partial charge in [-0.15, -0.1) is 0 Å². The molecule has 30 atom stereocenters. The topological polar surface area (TPSA) is 400 Å². The maximum absolute atomic E-state index is 14.9. The van der Waals surface area contributed by atoms with E-state index in [1.165, 1.54) is 14.0 Å². The molecule has 9 aliphatic rings. The van der Waals surface area contributed by atoms with Crippen LogP contribution in [0.3, 0.4) is 0 Å². The Morgan fingerprint density at radius 3 is 1.76 bits per heavy atom. The lowest BCUT2D eigenvalue weighted by Gasteiger charge is -2.71. The molecular formula is C55H88O25. The van der Waals surface area contributed by atoms with Crippen LogP contribution < -0.4 is 0 Å². The van der Waals surface area contributed by atoms with Gasteiger partial charge in [0.25, 0.3) is 0 Å². The molecule has 25 heteroatoms. The van der Waals surface area contributed by atoms with Crippen molar-refractivity contribution in [3.8, 4) is 0 Å². The largest absolute Gasteiger partial charge is 0.469 e. The van der Waals surface area contributed by atoms with E-state index in [0.29, 0.717) is 51.4 Å². The van der Waals surface area contributed by atoms with E-state index in [1.54, 1.807) is 0 Å². The molecule has 0 unspecified atom stereocenters. The minimum absolute atomic E-state index is 0.0145. The third kappa shape index (κ3) is 9.83. The van der Waals surface area contributed by atoms with Crippen LogP contribution in [0.15, 0.2) is 11.6 Å². The molecule has 0 aromatic heterocycles. The van der Waals surface area contributed by atoms with E-state index in [1.807, 2.05) is 13.8 Å². The molecule has 4 saturated heterocycles. The van der Waals surface area contributed by atoms with Gasteiger partial charge in [0.15, 0.2) is 18.9 Å². The summed E-state index contributed by atoms with van der Waals surface area (Å²) < 4.78 is 53.1. The standard InChI is InChI=1S/C55H88O25/c1-23-32(60)36(64)39(67)44(73-23)79-43-38(66)34(62)27(20-57)76-47(43)78-42-35(63)28(21-58)75-46(41(42)69)77-31-11-12-51(3)29(52(31,4)22-59)10-13-54(6)30(51)9-8-24-25-18-50(2,48(70)72-7)14-16-55(25,17-15-53(24,54)5)49(71)80-45-40(68)37(65)33(61)26(19-56)74-45/h8,23,25-47,56-69H,9-22H2,1-7H3/t23-,25-,26+,27+,28+,29-,30+,31-,32-,33+,34+,35+,36+,37-,38-,39+,40+,41+,42-,43+,44-,45-,46-,47-,50-,51-,52-,53+,54+,55-/m0/s1. The predicted octanol–water partition coefficient (Wildman–Crippen LogP) is -2.88. The summed E-state index contributed by atoms with van der Waals surface area (Å²) in [7, 11) is 1.34. The number of carbonyl (C=O) groups is 2. The van der Waals surface area contributed by atoms with Crippen LogP contribution in [-0.2, 0) is 52.2 Å². The maximum atomic E-state index is 14.9. The highest BCUT2D eigenvalue weighted by atomic mass is 16.8. The molecule has 0 aromatic carbocycles. The van der Waals surface area contributed by atoms with Crippen molar-refractivity contribution in [2.45, 2.75) is 235 Å². The summed E-state index contributed by atoms with van der Waals surface area (Å²) in [6.07, 6.45) is -27.4. The Balaban J connectivity index is 0.965. The number of methoxy groups -OCH3 is 1. The average Bonchev–Trinajstić information content (AvgIpc) is 2.51. The van der Waals surface area contributed by atoms with Crippen LogP contribution in [0.5, 0.6) is 0 Å². The van der Waals surface area contributed by atoms with Crippen molar-refractivity contribution < 1.29 is 124 Å². The van der Waals surface area contributed by atoms with Gasteiger partial charge in [0, 0.05) is 5.41 Å². The number of hydrogen-bond acceptors (Lipinski definition) is 25. The minimum Gasteiger partial charge on any atom is -0.469 e. The molecular weight excluding hydrogens is 1060 g/mol.